The first-order valence-corrected chi connectivity index (χ1v) is 6.51. The van der Waals surface area contributed by atoms with Crippen LogP contribution in [0.1, 0.15) is 36.6 Å². The molecule has 0 radical (unpaired) electrons. The number of hydrogen-bond acceptors (Lipinski definition) is 2. The van der Waals surface area contributed by atoms with Crippen LogP contribution in [0.15, 0.2) is 36.7 Å². The van der Waals surface area contributed by atoms with Crippen molar-refractivity contribution in [2.24, 2.45) is 0 Å². The molecular weight excluding hydrogens is 222 g/mol. The lowest BCUT2D eigenvalue weighted by Gasteiger charge is -2.09. The molecule has 1 N–H and O–H groups in total. The van der Waals surface area contributed by atoms with Gasteiger partial charge in [0.05, 0.1) is 12.7 Å². The largest absolute Gasteiger partial charge is 0.310 e. The van der Waals surface area contributed by atoms with Crippen LogP contribution in [0, 0.1) is 6.92 Å². The molecule has 1 aromatic carbocycles. The van der Waals surface area contributed by atoms with Crippen LogP contribution in [0.25, 0.3) is 0 Å². The second-order valence-corrected chi connectivity index (χ2v) is 4.68. The Hall–Kier alpha value is -1.61. The first kappa shape index (κ1) is 12.8. The second-order valence-electron chi connectivity index (χ2n) is 4.68. The summed E-state index contributed by atoms with van der Waals surface area (Å²) in [5.41, 5.74) is 3.88. The van der Waals surface area contributed by atoms with E-state index in [1.807, 2.05) is 10.9 Å². The predicted molar refractivity (Wildman–Crippen MR) is 74.6 cm³/mol. The van der Waals surface area contributed by atoms with Crippen LogP contribution in [-0.4, -0.2) is 16.3 Å². The third-order valence-corrected chi connectivity index (χ3v) is 3.26. The second kappa shape index (κ2) is 5.83. The van der Waals surface area contributed by atoms with Gasteiger partial charge in [0.2, 0.25) is 0 Å². The number of nitrogens with one attached hydrogen (secondary N) is 1. The van der Waals surface area contributed by atoms with Gasteiger partial charge < -0.3 is 5.32 Å². The molecule has 1 unspecified atom stereocenters. The fourth-order valence-corrected chi connectivity index (χ4v) is 2.08. The summed E-state index contributed by atoms with van der Waals surface area (Å²) in [7, 11) is 0. The minimum atomic E-state index is 0.362. The molecule has 0 aliphatic carbocycles. The molecule has 1 aromatic heterocycles. The Balaban J connectivity index is 2.09. The predicted octanol–water partition coefficient (Wildman–Crippen LogP) is 2.91. The van der Waals surface area contributed by atoms with Crippen molar-refractivity contribution in [3.8, 4) is 0 Å². The Bertz CT molecular complexity index is 502. The van der Waals surface area contributed by atoms with Crippen molar-refractivity contribution in [1.82, 2.24) is 15.1 Å². The first-order valence-electron chi connectivity index (χ1n) is 6.51. The maximum absolute atomic E-state index is 4.43. The van der Waals surface area contributed by atoms with Crippen molar-refractivity contribution in [3.05, 3.63) is 53.3 Å². The Morgan fingerprint density at radius 3 is 2.83 bits per heavy atom. The van der Waals surface area contributed by atoms with Crippen LogP contribution >= 0.6 is 0 Å². The summed E-state index contributed by atoms with van der Waals surface area (Å²) in [5.74, 6) is 0. The fraction of sp³-hybridized carbons (Fsp3) is 0.400. The van der Waals surface area contributed by atoms with E-state index in [2.05, 4.69) is 61.6 Å². The summed E-state index contributed by atoms with van der Waals surface area (Å²) < 4.78 is 2.01. The van der Waals surface area contributed by atoms with Crippen molar-refractivity contribution < 1.29 is 0 Å². The number of aryl methyl sites for hydroxylation is 1. The lowest BCUT2D eigenvalue weighted by atomic mass is 10.1. The van der Waals surface area contributed by atoms with Crippen LogP contribution in [0.2, 0.25) is 0 Å². The molecule has 2 rings (SSSR count). The highest BCUT2D eigenvalue weighted by atomic mass is 15.3. The molecule has 3 nitrogen and oxygen atoms in total. The molecule has 0 bridgehead atoms. The summed E-state index contributed by atoms with van der Waals surface area (Å²) in [4.78, 5) is 0. The number of rotatable bonds is 5. The van der Waals surface area contributed by atoms with E-state index in [1.165, 1.54) is 16.7 Å². The highest BCUT2D eigenvalue weighted by Gasteiger charge is 2.07. The van der Waals surface area contributed by atoms with Gasteiger partial charge in [0.15, 0.2) is 0 Å². The number of nitrogens with zero attached hydrogens (tertiary/aromatic N) is 2. The molecule has 0 aliphatic heterocycles. The van der Waals surface area contributed by atoms with Gasteiger partial charge in [-0.3, -0.25) is 4.68 Å². The molecule has 18 heavy (non-hydrogen) atoms. The fourth-order valence-electron chi connectivity index (χ4n) is 2.08. The van der Waals surface area contributed by atoms with E-state index in [1.54, 1.807) is 0 Å². The van der Waals surface area contributed by atoms with Crippen molar-refractivity contribution in [2.45, 2.75) is 33.4 Å². The number of aromatic nitrogens is 2. The molecule has 0 saturated carbocycles. The van der Waals surface area contributed by atoms with Gasteiger partial charge in [-0.25, -0.2) is 0 Å². The molecule has 1 atom stereocenters. The number of hydrogen-bond donors (Lipinski definition) is 1. The molecule has 96 valence electrons. The Kier molecular flexibility index (Phi) is 4.15. The van der Waals surface area contributed by atoms with E-state index in [9.17, 15) is 0 Å². The van der Waals surface area contributed by atoms with E-state index in [0.29, 0.717) is 6.04 Å². The molecule has 0 spiro atoms. The monoisotopic (exact) mass is 243 g/mol. The standard InChI is InChI=1S/C15H21N3/c1-4-16-13(3)15-9-17-18(11-15)10-14-8-6-5-7-12(14)2/h5-9,11,13,16H,4,10H2,1-3H3. The van der Waals surface area contributed by atoms with E-state index < -0.39 is 0 Å². The topological polar surface area (TPSA) is 29.9 Å². The third kappa shape index (κ3) is 2.99. The average molecular weight is 243 g/mol. The Morgan fingerprint density at radius 1 is 1.33 bits per heavy atom. The van der Waals surface area contributed by atoms with Crippen LogP contribution < -0.4 is 5.32 Å². The average Bonchev–Trinajstić information content (AvgIpc) is 2.81. The van der Waals surface area contributed by atoms with Crippen LogP contribution in [0.5, 0.6) is 0 Å². The molecule has 0 fully saturated rings. The van der Waals surface area contributed by atoms with Crippen molar-refractivity contribution in [2.75, 3.05) is 6.54 Å². The van der Waals surface area contributed by atoms with Gasteiger partial charge in [0.25, 0.3) is 0 Å². The van der Waals surface area contributed by atoms with E-state index >= 15 is 0 Å². The molecule has 0 saturated heterocycles. The van der Waals surface area contributed by atoms with Gasteiger partial charge in [-0.15, -0.1) is 0 Å². The van der Waals surface area contributed by atoms with Gasteiger partial charge in [-0.1, -0.05) is 31.2 Å². The quantitative estimate of drug-likeness (QED) is 0.875. The van der Waals surface area contributed by atoms with Gasteiger partial charge >= 0.3 is 0 Å². The number of benzene rings is 1. The van der Waals surface area contributed by atoms with Crippen molar-refractivity contribution in [1.29, 1.82) is 0 Å². The highest BCUT2D eigenvalue weighted by Crippen LogP contribution is 2.13. The minimum Gasteiger partial charge on any atom is -0.310 e. The molecule has 0 amide bonds. The molecular formula is C15H21N3. The maximum Gasteiger partial charge on any atom is 0.0662 e. The minimum absolute atomic E-state index is 0.362. The Labute approximate surface area is 109 Å². The van der Waals surface area contributed by atoms with Gasteiger partial charge in [-0.05, 0) is 31.5 Å². The maximum atomic E-state index is 4.43. The van der Waals surface area contributed by atoms with Crippen LogP contribution in [0.4, 0.5) is 0 Å². The van der Waals surface area contributed by atoms with Crippen molar-refractivity contribution in [3.63, 3.8) is 0 Å². The van der Waals surface area contributed by atoms with Crippen LogP contribution in [0.3, 0.4) is 0 Å². The summed E-state index contributed by atoms with van der Waals surface area (Å²) in [6.07, 6.45) is 4.07. The lowest BCUT2D eigenvalue weighted by molar-refractivity contribution is 0.596. The van der Waals surface area contributed by atoms with E-state index in [0.717, 1.165) is 13.1 Å². The zero-order chi connectivity index (χ0) is 13.0. The molecule has 3 heteroatoms. The smallest absolute Gasteiger partial charge is 0.0662 e. The normalized spacial score (nSPS) is 12.6. The lowest BCUT2D eigenvalue weighted by Crippen LogP contribution is -2.17. The van der Waals surface area contributed by atoms with Crippen LogP contribution in [-0.2, 0) is 6.54 Å². The molecule has 1 heterocycles. The first-order chi connectivity index (χ1) is 8.70. The highest BCUT2D eigenvalue weighted by molar-refractivity contribution is 5.25. The van der Waals surface area contributed by atoms with Gasteiger partial charge in [-0.2, -0.15) is 5.10 Å². The summed E-state index contributed by atoms with van der Waals surface area (Å²) in [6, 6.07) is 8.81. The zero-order valence-corrected chi connectivity index (χ0v) is 11.4. The molecule has 2 aromatic rings. The third-order valence-electron chi connectivity index (χ3n) is 3.26. The van der Waals surface area contributed by atoms with Gasteiger partial charge in [0.1, 0.15) is 0 Å². The van der Waals surface area contributed by atoms with Crippen molar-refractivity contribution >= 4 is 0 Å². The summed E-state index contributed by atoms with van der Waals surface area (Å²) >= 11 is 0. The zero-order valence-electron chi connectivity index (χ0n) is 11.4. The summed E-state index contributed by atoms with van der Waals surface area (Å²) in [5, 5.41) is 7.83. The van der Waals surface area contributed by atoms with E-state index in [-0.39, 0.29) is 0 Å². The SMILES string of the molecule is CCNC(C)c1cnn(Cc2ccccc2C)c1. The molecule has 0 aliphatic rings. The van der Waals surface area contributed by atoms with Gasteiger partial charge in [0, 0.05) is 17.8 Å². The van der Waals surface area contributed by atoms with E-state index in [4.69, 9.17) is 0 Å². The Morgan fingerprint density at radius 2 is 2.11 bits per heavy atom. The summed E-state index contributed by atoms with van der Waals surface area (Å²) in [6.45, 7) is 8.24.